The summed E-state index contributed by atoms with van der Waals surface area (Å²) in [5, 5.41) is 3.32. The molecule has 0 spiro atoms. The second-order valence-electron chi connectivity index (χ2n) is 4.41. The highest BCUT2D eigenvalue weighted by atomic mass is 15.1. The van der Waals surface area contributed by atoms with Gasteiger partial charge in [-0.3, -0.25) is 0 Å². The lowest BCUT2D eigenvalue weighted by molar-refractivity contribution is 0.653. The number of nitrogens with one attached hydrogen (secondary N) is 1. The fraction of sp³-hybridized carbons (Fsp3) is 0.500. The Kier molecular flexibility index (Phi) is 2.93. The standard InChI is InChI=1S/C12H19N3/c1-15(2)10-5-3-9(4-6-10)11-7-14-8-12(11)13/h3-6,11-12,14H,7-8,13H2,1-2H3/t11-,12+/m0/s1. The van der Waals surface area contributed by atoms with Crippen LogP contribution >= 0.6 is 0 Å². The molecule has 0 radical (unpaired) electrons. The van der Waals surface area contributed by atoms with Gasteiger partial charge in [0.15, 0.2) is 0 Å². The van der Waals surface area contributed by atoms with E-state index in [2.05, 4.69) is 48.6 Å². The molecule has 1 aliphatic heterocycles. The Morgan fingerprint density at radius 3 is 2.33 bits per heavy atom. The molecule has 82 valence electrons. The topological polar surface area (TPSA) is 41.3 Å². The number of hydrogen-bond acceptors (Lipinski definition) is 3. The Hall–Kier alpha value is -1.06. The van der Waals surface area contributed by atoms with Crippen LogP contribution in [-0.4, -0.2) is 33.2 Å². The second kappa shape index (κ2) is 4.21. The first-order chi connectivity index (χ1) is 7.18. The van der Waals surface area contributed by atoms with E-state index in [1.54, 1.807) is 0 Å². The van der Waals surface area contributed by atoms with Gasteiger partial charge in [-0.05, 0) is 17.7 Å². The molecule has 1 aliphatic rings. The van der Waals surface area contributed by atoms with Crippen molar-refractivity contribution in [3.05, 3.63) is 29.8 Å². The highest BCUT2D eigenvalue weighted by Crippen LogP contribution is 2.23. The predicted molar refractivity (Wildman–Crippen MR) is 64.4 cm³/mol. The lowest BCUT2D eigenvalue weighted by Crippen LogP contribution is -2.27. The average Bonchev–Trinajstić information content (AvgIpc) is 2.65. The summed E-state index contributed by atoms with van der Waals surface area (Å²) in [6, 6.07) is 8.94. The summed E-state index contributed by atoms with van der Waals surface area (Å²) < 4.78 is 0. The summed E-state index contributed by atoms with van der Waals surface area (Å²) in [6.07, 6.45) is 0. The summed E-state index contributed by atoms with van der Waals surface area (Å²) >= 11 is 0. The first-order valence-corrected chi connectivity index (χ1v) is 5.42. The Morgan fingerprint density at radius 1 is 1.20 bits per heavy atom. The van der Waals surface area contributed by atoms with Crippen molar-refractivity contribution in [2.24, 2.45) is 5.73 Å². The van der Waals surface area contributed by atoms with Crippen molar-refractivity contribution in [1.82, 2.24) is 5.32 Å². The third-order valence-corrected chi connectivity index (χ3v) is 3.10. The molecule has 2 rings (SSSR count). The zero-order valence-corrected chi connectivity index (χ0v) is 9.40. The number of benzene rings is 1. The van der Waals surface area contributed by atoms with Crippen LogP contribution < -0.4 is 16.0 Å². The van der Waals surface area contributed by atoms with E-state index in [4.69, 9.17) is 5.73 Å². The van der Waals surface area contributed by atoms with Crippen LogP contribution in [0, 0.1) is 0 Å². The van der Waals surface area contributed by atoms with Gasteiger partial charge in [-0.25, -0.2) is 0 Å². The van der Waals surface area contributed by atoms with Crippen molar-refractivity contribution in [2.75, 3.05) is 32.1 Å². The zero-order chi connectivity index (χ0) is 10.8. The third kappa shape index (κ3) is 2.13. The molecule has 0 amide bonds. The Labute approximate surface area is 91.3 Å². The lowest BCUT2D eigenvalue weighted by Gasteiger charge is -2.17. The molecule has 3 heteroatoms. The molecule has 3 N–H and O–H groups in total. The molecule has 3 nitrogen and oxygen atoms in total. The molecule has 1 aromatic carbocycles. The van der Waals surface area contributed by atoms with E-state index in [9.17, 15) is 0 Å². The summed E-state index contributed by atoms with van der Waals surface area (Å²) in [6.45, 7) is 1.93. The molecular weight excluding hydrogens is 186 g/mol. The van der Waals surface area contributed by atoms with Crippen molar-refractivity contribution in [1.29, 1.82) is 0 Å². The maximum absolute atomic E-state index is 6.04. The molecule has 0 bridgehead atoms. The number of rotatable bonds is 2. The van der Waals surface area contributed by atoms with Crippen LogP contribution in [-0.2, 0) is 0 Å². The van der Waals surface area contributed by atoms with E-state index in [0.717, 1.165) is 13.1 Å². The number of nitrogens with zero attached hydrogens (tertiary/aromatic N) is 1. The fourth-order valence-corrected chi connectivity index (χ4v) is 2.08. The van der Waals surface area contributed by atoms with Gasteiger partial charge in [0.2, 0.25) is 0 Å². The van der Waals surface area contributed by atoms with E-state index >= 15 is 0 Å². The van der Waals surface area contributed by atoms with Crippen molar-refractivity contribution in [3.8, 4) is 0 Å². The van der Waals surface area contributed by atoms with Gasteiger partial charge in [0.25, 0.3) is 0 Å². The molecule has 1 fully saturated rings. The van der Waals surface area contributed by atoms with Crippen LogP contribution in [0.1, 0.15) is 11.5 Å². The Morgan fingerprint density at radius 2 is 1.87 bits per heavy atom. The van der Waals surface area contributed by atoms with Gasteiger partial charge < -0.3 is 16.0 Å². The molecule has 0 aliphatic carbocycles. The van der Waals surface area contributed by atoms with Crippen LogP contribution in [0.15, 0.2) is 24.3 Å². The molecule has 0 aromatic heterocycles. The highest BCUT2D eigenvalue weighted by molar-refractivity contribution is 5.46. The van der Waals surface area contributed by atoms with E-state index in [1.807, 2.05) is 0 Å². The average molecular weight is 205 g/mol. The van der Waals surface area contributed by atoms with Crippen molar-refractivity contribution in [3.63, 3.8) is 0 Å². The monoisotopic (exact) mass is 205 g/mol. The number of hydrogen-bond donors (Lipinski definition) is 2. The Balaban J connectivity index is 2.16. The fourth-order valence-electron chi connectivity index (χ4n) is 2.08. The van der Waals surface area contributed by atoms with Gasteiger partial charge in [-0.1, -0.05) is 12.1 Å². The summed E-state index contributed by atoms with van der Waals surface area (Å²) in [5.74, 6) is 0.473. The molecular formula is C12H19N3. The Bertz CT molecular complexity index is 318. The maximum atomic E-state index is 6.04. The minimum Gasteiger partial charge on any atom is -0.378 e. The van der Waals surface area contributed by atoms with Gasteiger partial charge in [0, 0.05) is 44.8 Å². The smallest absolute Gasteiger partial charge is 0.0361 e. The largest absolute Gasteiger partial charge is 0.378 e. The normalized spacial score (nSPS) is 25.5. The summed E-state index contributed by atoms with van der Waals surface area (Å²) in [5.41, 5.74) is 8.62. The van der Waals surface area contributed by atoms with Crippen molar-refractivity contribution < 1.29 is 0 Å². The summed E-state index contributed by atoms with van der Waals surface area (Å²) in [7, 11) is 4.11. The van der Waals surface area contributed by atoms with E-state index in [1.165, 1.54) is 11.3 Å². The quantitative estimate of drug-likeness (QED) is 0.749. The first kappa shape index (κ1) is 10.5. The SMILES string of the molecule is CN(C)c1ccc([C@@H]2CNC[C@H]2N)cc1. The maximum Gasteiger partial charge on any atom is 0.0361 e. The molecule has 0 unspecified atom stereocenters. The van der Waals surface area contributed by atoms with E-state index in [0.29, 0.717) is 5.92 Å². The van der Waals surface area contributed by atoms with Crippen LogP contribution in [0.4, 0.5) is 5.69 Å². The van der Waals surface area contributed by atoms with E-state index < -0.39 is 0 Å². The molecule has 2 atom stereocenters. The first-order valence-electron chi connectivity index (χ1n) is 5.42. The van der Waals surface area contributed by atoms with Gasteiger partial charge in [-0.2, -0.15) is 0 Å². The molecule has 1 heterocycles. The molecule has 15 heavy (non-hydrogen) atoms. The van der Waals surface area contributed by atoms with Gasteiger partial charge in [0.1, 0.15) is 0 Å². The van der Waals surface area contributed by atoms with Crippen molar-refractivity contribution in [2.45, 2.75) is 12.0 Å². The van der Waals surface area contributed by atoms with Gasteiger partial charge >= 0.3 is 0 Å². The highest BCUT2D eigenvalue weighted by Gasteiger charge is 2.24. The summed E-state index contributed by atoms with van der Waals surface area (Å²) in [4.78, 5) is 2.11. The van der Waals surface area contributed by atoms with Crippen LogP contribution in [0.25, 0.3) is 0 Å². The van der Waals surface area contributed by atoms with Crippen LogP contribution in [0.5, 0.6) is 0 Å². The third-order valence-electron chi connectivity index (χ3n) is 3.10. The minimum atomic E-state index is 0.259. The van der Waals surface area contributed by atoms with Gasteiger partial charge in [0.05, 0.1) is 0 Å². The molecule has 0 saturated carbocycles. The van der Waals surface area contributed by atoms with Crippen LogP contribution in [0.3, 0.4) is 0 Å². The van der Waals surface area contributed by atoms with Crippen molar-refractivity contribution >= 4 is 5.69 Å². The van der Waals surface area contributed by atoms with E-state index in [-0.39, 0.29) is 6.04 Å². The molecule has 1 saturated heterocycles. The van der Waals surface area contributed by atoms with Crippen LogP contribution in [0.2, 0.25) is 0 Å². The second-order valence-corrected chi connectivity index (χ2v) is 4.41. The minimum absolute atomic E-state index is 0.259. The number of anilines is 1. The zero-order valence-electron chi connectivity index (χ0n) is 9.40. The van der Waals surface area contributed by atoms with Gasteiger partial charge in [-0.15, -0.1) is 0 Å². The lowest BCUT2D eigenvalue weighted by atomic mass is 9.95. The predicted octanol–water partition coefficient (Wildman–Crippen LogP) is 0.767. The number of nitrogens with two attached hydrogens (primary N) is 1. The molecule has 1 aromatic rings.